The Morgan fingerprint density at radius 3 is 2.46 bits per heavy atom. The fraction of sp³-hybridized carbons (Fsp3) is 0.541. The topological polar surface area (TPSA) is 98.9 Å². The lowest BCUT2D eigenvalue weighted by atomic mass is 9.52. The maximum Gasteiger partial charge on any atom is 0.410 e. The summed E-state index contributed by atoms with van der Waals surface area (Å²) in [5, 5.41) is 11.3. The molecular weight excluding hydrogens is 580 g/mol. The van der Waals surface area contributed by atoms with Crippen molar-refractivity contribution in [3.63, 3.8) is 0 Å². The fourth-order valence-corrected chi connectivity index (χ4v) is 7.75. The highest BCUT2D eigenvalue weighted by atomic mass is 16.6. The van der Waals surface area contributed by atoms with Gasteiger partial charge in [0.1, 0.15) is 11.7 Å². The molecule has 3 aliphatic rings. The van der Waals surface area contributed by atoms with E-state index < -0.39 is 5.60 Å². The summed E-state index contributed by atoms with van der Waals surface area (Å²) < 4.78 is 20.3. The van der Waals surface area contributed by atoms with Crippen molar-refractivity contribution in [2.24, 2.45) is 12.5 Å². The second-order valence-electron chi connectivity index (χ2n) is 14.7. The second kappa shape index (κ2) is 12.2. The first-order chi connectivity index (χ1) is 22.1. The van der Waals surface area contributed by atoms with Crippen LogP contribution in [0.5, 0.6) is 5.88 Å². The summed E-state index contributed by atoms with van der Waals surface area (Å²) in [7, 11) is 2.09. The molecule has 0 radical (unpaired) electrons. The van der Waals surface area contributed by atoms with Gasteiger partial charge in [-0.3, -0.25) is 4.98 Å². The smallest absolute Gasteiger partial charge is 0.410 e. The molecule has 46 heavy (non-hydrogen) atoms. The van der Waals surface area contributed by atoms with Gasteiger partial charge in [-0.05, 0) is 88.5 Å². The van der Waals surface area contributed by atoms with E-state index in [1.54, 1.807) is 0 Å². The van der Waals surface area contributed by atoms with E-state index in [1.165, 1.54) is 5.39 Å². The maximum absolute atomic E-state index is 13.4. The van der Waals surface area contributed by atoms with E-state index in [-0.39, 0.29) is 30.9 Å². The van der Waals surface area contributed by atoms with Crippen LogP contribution in [0.1, 0.15) is 72.1 Å². The number of fused-ring (bicyclic) bond motifs is 3. The Balaban J connectivity index is 0.952. The number of aryl methyl sites for hydroxylation is 1. The largest absolute Gasteiger partial charge is 0.474 e. The molecule has 9 heteroatoms. The van der Waals surface area contributed by atoms with Gasteiger partial charge in [-0.25, -0.2) is 9.78 Å². The van der Waals surface area contributed by atoms with Crippen LogP contribution >= 0.6 is 0 Å². The average Bonchev–Trinajstić information content (AvgIpc) is 3.25. The average molecular weight is 627 g/mol. The third-order valence-electron chi connectivity index (χ3n) is 10.2. The van der Waals surface area contributed by atoms with E-state index in [0.29, 0.717) is 17.4 Å². The van der Waals surface area contributed by atoms with Crippen molar-refractivity contribution in [3.8, 4) is 17.0 Å². The Kier molecular flexibility index (Phi) is 8.18. The summed E-state index contributed by atoms with van der Waals surface area (Å²) >= 11 is 0. The molecule has 1 amide bonds. The van der Waals surface area contributed by atoms with Crippen LogP contribution in [0.3, 0.4) is 0 Å². The highest BCUT2D eigenvalue weighted by Gasteiger charge is 2.57. The molecule has 1 aromatic carbocycles. The molecule has 7 rings (SSSR count). The van der Waals surface area contributed by atoms with E-state index in [2.05, 4.69) is 45.8 Å². The minimum absolute atomic E-state index is 0.0171. The number of unbranched alkanes of at least 4 members (excludes halogenated alkanes) is 1. The number of carbonyl (C=O) groups excluding carboxylic acids is 1. The molecule has 3 aromatic heterocycles. The highest BCUT2D eigenvalue weighted by Crippen LogP contribution is 2.59. The van der Waals surface area contributed by atoms with Crippen LogP contribution in [-0.4, -0.2) is 73.7 Å². The Morgan fingerprint density at radius 2 is 1.74 bits per heavy atom. The molecule has 0 aliphatic heterocycles. The summed E-state index contributed by atoms with van der Waals surface area (Å²) in [5.74, 6) is 0.606. The molecule has 3 heterocycles. The van der Waals surface area contributed by atoms with Gasteiger partial charge in [-0.15, -0.1) is 0 Å². The molecule has 1 spiro atoms. The number of aliphatic hydroxyl groups is 1. The van der Waals surface area contributed by atoms with Crippen LogP contribution in [-0.2, 0) is 16.5 Å². The molecule has 3 fully saturated rings. The number of rotatable bonds is 10. The quantitative estimate of drug-likeness (QED) is 0.189. The van der Waals surface area contributed by atoms with Gasteiger partial charge in [0.15, 0.2) is 0 Å². The number of aromatic nitrogens is 3. The van der Waals surface area contributed by atoms with E-state index in [0.717, 1.165) is 85.5 Å². The van der Waals surface area contributed by atoms with Gasteiger partial charge in [-0.2, -0.15) is 0 Å². The van der Waals surface area contributed by atoms with Crippen molar-refractivity contribution in [3.05, 3.63) is 55.0 Å². The molecule has 0 atom stereocenters. The Morgan fingerprint density at radius 1 is 0.957 bits per heavy atom. The van der Waals surface area contributed by atoms with Crippen molar-refractivity contribution in [1.29, 1.82) is 0 Å². The molecule has 9 nitrogen and oxygen atoms in total. The van der Waals surface area contributed by atoms with Crippen LogP contribution in [0.25, 0.3) is 32.9 Å². The normalized spacial score (nSPS) is 25.6. The Labute approximate surface area is 270 Å². The van der Waals surface area contributed by atoms with Crippen LogP contribution in [0.4, 0.5) is 4.79 Å². The van der Waals surface area contributed by atoms with Crippen LogP contribution in [0, 0.1) is 5.41 Å². The monoisotopic (exact) mass is 626 g/mol. The maximum atomic E-state index is 13.4. The Hall–Kier alpha value is -3.69. The molecule has 0 unspecified atom stereocenters. The lowest BCUT2D eigenvalue weighted by Gasteiger charge is -2.61. The number of hydrogen-bond acceptors (Lipinski definition) is 7. The van der Waals surface area contributed by atoms with Gasteiger partial charge < -0.3 is 28.8 Å². The van der Waals surface area contributed by atoms with Gasteiger partial charge in [0.25, 0.3) is 0 Å². The molecule has 1 N–H and O–H groups in total. The SMILES string of the molecule is Cn1c2ccncc2c2ccc(-c3ccc(O[C@H]4C[C@H](N(C(=O)OC(C)(C)C)C5CC6(CC(OCCCCO)C6)C5)C4)nc3)cc21. The zero-order chi connectivity index (χ0) is 32.1. The molecule has 3 aliphatic carbocycles. The predicted molar refractivity (Wildman–Crippen MR) is 178 cm³/mol. The predicted octanol–water partition coefficient (Wildman–Crippen LogP) is 7.04. The molecule has 0 saturated heterocycles. The third-order valence-corrected chi connectivity index (χ3v) is 10.2. The summed E-state index contributed by atoms with van der Waals surface area (Å²) in [6.07, 6.45) is 13.1. The number of aliphatic hydroxyl groups excluding tert-OH is 1. The number of pyridine rings is 2. The summed E-state index contributed by atoms with van der Waals surface area (Å²) in [6, 6.07) is 12.9. The summed E-state index contributed by atoms with van der Waals surface area (Å²) in [5.41, 5.74) is 4.22. The zero-order valence-electron chi connectivity index (χ0n) is 27.4. The van der Waals surface area contributed by atoms with Gasteiger partial charge in [0.2, 0.25) is 5.88 Å². The van der Waals surface area contributed by atoms with Crippen molar-refractivity contribution >= 4 is 27.9 Å². The summed E-state index contributed by atoms with van der Waals surface area (Å²) in [4.78, 5) is 24.4. The van der Waals surface area contributed by atoms with Crippen molar-refractivity contribution < 1.29 is 24.1 Å². The fourth-order valence-electron chi connectivity index (χ4n) is 7.75. The first kappa shape index (κ1) is 30.9. The van der Waals surface area contributed by atoms with Crippen LogP contribution < -0.4 is 4.74 Å². The van der Waals surface area contributed by atoms with E-state index in [4.69, 9.17) is 19.3 Å². The van der Waals surface area contributed by atoms with Gasteiger partial charge >= 0.3 is 6.09 Å². The first-order valence-electron chi connectivity index (χ1n) is 16.8. The molecule has 0 bridgehead atoms. The summed E-state index contributed by atoms with van der Waals surface area (Å²) in [6.45, 7) is 6.72. The van der Waals surface area contributed by atoms with Crippen molar-refractivity contribution in [1.82, 2.24) is 19.4 Å². The Bertz CT molecular complexity index is 1690. The number of carbonyl (C=O) groups is 1. The number of nitrogens with zero attached hydrogens (tertiary/aromatic N) is 4. The van der Waals surface area contributed by atoms with Crippen LogP contribution in [0.15, 0.2) is 55.0 Å². The molecule has 4 aromatic rings. The number of hydrogen-bond donors (Lipinski definition) is 1. The second-order valence-corrected chi connectivity index (χ2v) is 14.7. The van der Waals surface area contributed by atoms with Crippen LogP contribution in [0.2, 0.25) is 0 Å². The van der Waals surface area contributed by atoms with Crippen molar-refractivity contribution in [2.45, 2.75) is 102 Å². The minimum Gasteiger partial charge on any atom is -0.474 e. The lowest BCUT2D eigenvalue weighted by molar-refractivity contribution is -0.155. The molecular formula is C37H46N4O5. The van der Waals surface area contributed by atoms with Gasteiger partial charge in [0, 0.05) is 91.7 Å². The lowest BCUT2D eigenvalue weighted by Crippen LogP contribution is -2.64. The standard InChI is InChI=1S/C37H46N4O5/c1-36(2,3)46-35(43)41(27-18-37(19-27)20-29(21-37)44-14-6-5-13-42)26-16-28(17-26)45-34-10-8-25(22-39-34)24-7-9-30-31-23-38-12-11-32(31)40(4)33(30)15-24/h7-12,15,22-23,26-29,42H,5-6,13-14,16-21H2,1-4H3/t26-,27?,28-,29?,37?. The minimum atomic E-state index is -0.540. The highest BCUT2D eigenvalue weighted by molar-refractivity contribution is 6.08. The number of benzene rings is 1. The molecule has 3 saturated carbocycles. The van der Waals surface area contributed by atoms with E-state index in [9.17, 15) is 4.79 Å². The first-order valence-corrected chi connectivity index (χ1v) is 16.8. The zero-order valence-corrected chi connectivity index (χ0v) is 27.4. The van der Waals surface area contributed by atoms with Gasteiger partial charge in [-0.1, -0.05) is 12.1 Å². The van der Waals surface area contributed by atoms with E-state index in [1.807, 2.05) is 56.4 Å². The third kappa shape index (κ3) is 6.07. The van der Waals surface area contributed by atoms with Gasteiger partial charge in [0.05, 0.1) is 11.6 Å². The molecule has 244 valence electrons. The van der Waals surface area contributed by atoms with Crippen molar-refractivity contribution in [2.75, 3.05) is 13.2 Å². The van der Waals surface area contributed by atoms with E-state index >= 15 is 0 Å². The number of ether oxygens (including phenoxy) is 3. The number of amides is 1.